The third kappa shape index (κ3) is 6.88. The van der Waals surface area contributed by atoms with Crippen molar-refractivity contribution in [3.05, 3.63) is 29.3 Å². The van der Waals surface area contributed by atoms with Gasteiger partial charge in [0, 0.05) is 29.3 Å². The van der Waals surface area contributed by atoms with Crippen molar-refractivity contribution >= 4 is 35.3 Å². The number of hydrogen-bond donors (Lipinski definition) is 2. The number of unbranched alkanes of at least 4 members (excludes halogenated alkanes) is 3. The van der Waals surface area contributed by atoms with E-state index in [1.807, 2.05) is 24.3 Å². The minimum absolute atomic E-state index is 0.173. The molecule has 0 aliphatic carbocycles. The lowest BCUT2D eigenvalue weighted by Crippen LogP contribution is -2.35. The lowest BCUT2D eigenvalue weighted by molar-refractivity contribution is -0.119. The Kier molecular flexibility index (Phi) is 8.60. The van der Waals surface area contributed by atoms with Crippen LogP contribution in [-0.4, -0.2) is 32.5 Å². The van der Waals surface area contributed by atoms with E-state index in [-0.39, 0.29) is 6.42 Å². The van der Waals surface area contributed by atoms with Crippen LogP contribution in [0.2, 0.25) is 5.02 Å². The Bertz CT molecular complexity index is 764. The molecule has 0 aliphatic heterocycles. The molecule has 1 heterocycles. The van der Waals surface area contributed by atoms with Crippen molar-refractivity contribution in [2.75, 3.05) is 5.75 Å². The van der Waals surface area contributed by atoms with Gasteiger partial charge in [0.05, 0.1) is 0 Å². The number of urea groups is 1. The van der Waals surface area contributed by atoms with Gasteiger partial charge in [0.2, 0.25) is 5.91 Å². The third-order valence-electron chi connectivity index (χ3n) is 3.88. The highest BCUT2D eigenvalue weighted by Gasteiger charge is 2.15. The number of aromatic nitrogens is 3. The first kappa shape index (κ1) is 21.2. The van der Waals surface area contributed by atoms with Crippen LogP contribution < -0.4 is 11.1 Å². The maximum Gasteiger partial charge on any atom is 0.318 e. The van der Waals surface area contributed by atoms with Gasteiger partial charge in [-0.3, -0.25) is 10.1 Å². The number of imide groups is 1. The molecule has 9 heteroatoms. The number of benzene rings is 1. The van der Waals surface area contributed by atoms with Crippen LogP contribution in [0.15, 0.2) is 29.4 Å². The van der Waals surface area contributed by atoms with Gasteiger partial charge in [-0.25, -0.2) is 4.79 Å². The molecule has 0 atom stereocenters. The minimum atomic E-state index is -0.839. The molecule has 2 rings (SSSR count). The quantitative estimate of drug-likeness (QED) is 0.458. The minimum Gasteiger partial charge on any atom is -0.351 e. The Morgan fingerprint density at radius 1 is 1.19 bits per heavy atom. The molecule has 0 bridgehead atoms. The molecule has 146 valence electrons. The zero-order valence-corrected chi connectivity index (χ0v) is 16.9. The van der Waals surface area contributed by atoms with Crippen LogP contribution in [0, 0.1) is 0 Å². The van der Waals surface area contributed by atoms with Gasteiger partial charge >= 0.3 is 6.03 Å². The molecule has 0 saturated carbocycles. The number of rotatable bonds is 10. The first-order valence-corrected chi connectivity index (χ1v) is 10.3. The summed E-state index contributed by atoms with van der Waals surface area (Å²) in [5.41, 5.74) is 5.89. The highest BCUT2D eigenvalue weighted by molar-refractivity contribution is 7.99. The number of amides is 3. The second-order valence-corrected chi connectivity index (χ2v) is 7.53. The van der Waals surface area contributed by atoms with Crippen molar-refractivity contribution in [3.63, 3.8) is 0 Å². The predicted molar refractivity (Wildman–Crippen MR) is 108 cm³/mol. The molecule has 0 fully saturated rings. The number of nitrogens with zero attached hydrogens (tertiary/aromatic N) is 3. The zero-order chi connectivity index (χ0) is 19.6. The first-order chi connectivity index (χ1) is 13.0. The van der Waals surface area contributed by atoms with E-state index in [1.54, 1.807) is 0 Å². The van der Waals surface area contributed by atoms with Crippen molar-refractivity contribution < 1.29 is 9.59 Å². The predicted octanol–water partition coefficient (Wildman–Crippen LogP) is 3.86. The molecule has 2 aromatic rings. The molecule has 7 nitrogen and oxygen atoms in total. The lowest BCUT2D eigenvalue weighted by Gasteiger charge is -2.10. The molecule has 0 spiro atoms. The van der Waals surface area contributed by atoms with E-state index < -0.39 is 11.9 Å². The Hall–Kier alpha value is -2.06. The standard InChI is InChI=1S/C18H24ClN5O2S/c1-2-3-4-5-11-24-16(13-6-8-14(19)9-7-13)22-23-18(24)27-12-10-15(25)21-17(20)26/h6-9H,2-5,10-12H2,1H3,(H3,20,21,25,26). The maximum absolute atomic E-state index is 11.6. The lowest BCUT2D eigenvalue weighted by atomic mass is 10.2. The highest BCUT2D eigenvalue weighted by Crippen LogP contribution is 2.26. The van der Waals surface area contributed by atoms with Crippen LogP contribution in [-0.2, 0) is 11.3 Å². The fourth-order valence-electron chi connectivity index (χ4n) is 2.54. The van der Waals surface area contributed by atoms with Crippen molar-refractivity contribution in [3.8, 4) is 11.4 Å². The molecule has 3 N–H and O–H groups in total. The van der Waals surface area contributed by atoms with E-state index in [2.05, 4.69) is 27.0 Å². The summed E-state index contributed by atoms with van der Waals surface area (Å²) < 4.78 is 2.08. The number of carbonyl (C=O) groups is 2. The summed E-state index contributed by atoms with van der Waals surface area (Å²) in [4.78, 5) is 22.3. The van der Waals surface area contributed by atoms with Gasteiger partial charge in [-0.15, -0.1) is 10.2 Å². The summed E-state index contributed by atoms with van der Waals surface area (Å²) in [7, 11) is 0. The van der Waals surface area contributed by atoms with Crippen LogP contribution in [0.4, 0.5) is 4.79 Å². The Labute approximate surface area is 168 Å². The van der Waals surface area contributed by atoms with E-state index in [0.29, 0.717) is 10.8 Å². The summed E-state index contributed by atoms with van der Waals surface area (Å²) in [6.45, 7) is 2.98. The van der Waals surface area contributed by atoms with E-state index in [1.165, 1.54) is 24.6 Å². The molecule has 1 aromatic heterocycles. The second-order valence-electron chi connectivity index (χ2n) is 6.04. The summed E-state index contributed by atoms with van der Waals surface area (Å²) in [5, 5.41) is 12.1. The molecular formula is C18H24ClN5O2S. The van der Waals surface area contributed by atoms with Gasteiger partial charge in [0.15, 0.2) is 11.0 Å². The number of carbonyl (C=O) groups excluding carboxylic acids is 2. The van der Waals surface area contributed by atoms with E-state index in [4.69, 9.17) is 17.3 Å². The van der Waals surface area contributed by atoms with Gasteiger partial charge in [-0.2, -0.15) is 0 Å². The van der Waals surface area contributed by atoms with Gasteiger partial charge < -0.3 is 10.3 Å². The van der Waals surface area contributed by atoms with Crippen LogP contribution in [0.5, 0.6) is 0 Å². The van der Waals surface area contributed by atoms with E-state index >= 15 is 0 Å². The fraction of sp³-hybridized carbons (Fsp3) is 0.444. The van der Waals surface area contributed by atoms with Gasteiger partial charge in [-0.05, 0) is 30.7 Å². The van der Waals surface area contributed by atoms with E-state index in [0.717, 1.165) is 35.9 Å². The number of thioether (sulfide) groups is 1. The highest BCUT2D eigenvalue weighted by atomic mass is 35.5. The molecule has 3 amide bonds. The maximum atomic E-state index is 11.6. The average molecular weight is 410 g/mol. The summed E-state index contributed by atoms with van der Waals surface area (Å²) in [6, 6.07) is 6.66. The summed E-state index contributed by atoms with van der Waals surface area (Å²) in [6.07, 6.45) is 4.70. The molecule has 1 aromatic carbocycles. The SMILES string of the molecule is CCCCCCn1c(SCCC(=O)NC(N)=O)nnc1-c1ccc(Cl)cc1. The first-order valence-electron chi connectivity index (χ1n) is 8.92. The van der Waals surface area contributed by atoms with Crippen molar-refractivity contribution in [1.29, 1.82) is 0 Å². The van der Waals surface area contributed by atoms with Crippen molar-refractivity contribution in [2.24, 2.45) is 5.73 Å². The summed E-state index contributed by atoms with van der Waals surface area (Å²) in [5.74, 6) is 0.863. The largest absolute Gasteiger partial charge is 0.351 e. The second kappa shape index (κ2) is 10.9. The summed E-state index contributed by atoms with van der Waals surface area (Å²) >= 11 is 7.41. The van der Waals surface area contributed by atoms with Crippen molar-refractivity contribution in [2.45, 2.75) is 50.7 Å². The molecule has 27 heavy (non-hydrogen) atoms. The molecular weight excluding hydrogens is 386 g/mol. The number of nitrogens with one attached hydrogen (secondary N) is 1. The number of nitrogens with two attached hydrogens (primary N) is 1. The van der Waals surface area contributed by atoms with Crippen LogP contribution in [0.1, 0.15) is 39.0 Å². The van der Waals surface area contributed by atoms with Gasteiger partial charge in [0.25, 0.3) is 0 Å². The zero-order valence-electron chi connectivity index (χ0n) is 15.3. The number of primary amides is 1. The van der Waals surface area contributed by atoms with Gasteiger partial charge in [-0.1, -0.05) is 49.5 Å². The molecule has 0 radical (unpaired) electrons. The third-order valence-corrected chi connectivity index (χ3v) is 5.10. The Morgan fingerprint density at radius 3 is 2.59 bits per heavy atom. The Balaban J connectivity index is 2.09. The Morgan fingerprint density at radius 2 is 1.93 bits per heavy atom. The van der Waals surface area contributed by atoms with Gasteiger partial charge in [0.1, 0.15) is 0 Å². The number of hydrogen-bond acceptors (Lipinski definition) is 5. The average Bonchev–Trinajstić information content (AvgIpc) is 3.01. The fourth-order valence-corrected chi connectivity index (χ4v) is 3.57. The molecule has 0 aliphatic rings. The topological polar surface area (TPSA) is 103 Å². The monoisotopic (exact) mass is 409 g/mol. The van der Waals surface area contributed by atoms with E-state index in [9.17, 15) is 9.59 Å². The van der Waals surface area contributed by atoms with Crippen LogP contribution in [0.25, 0.3) is 11.4 Å². The van der Waals surface area contributed by atoms with Crippen LogP contribution in [0.3, 0.4) is 0 Å². The van der Waals surface area contributed by atoms with Crippen LogP contribution >= 0.6 is 23.4 Å². The number of halogens is 1. The molecule has 0 unspecified atom stereocenters. The normalized spacial score (nSPS) is 10.7. The van der Waals surface area contributed by atoms with Crippen molar-refractivity contribution in [1.82, 2.24) is 20.1 Å². The smallest absolute Gasteiger partial charge is 0.318 e. The molecule has 0 saturated heterocycles.